The van der Waals surface area contributed by atoms with Crippen LogP contribution in [0.5, 0.6) is 0 Å². The number of ether oxygens (including phenoxy) is 1. The maximum absolute atomic E-state index is 12.2. The molecule has 2 rings (SSSR count). The Hall–Kier alpha value is -2.61. The summed E-state index contributed by atoms with van der Waals surface area (Å²) in [5.74, 6) is -2.25. The third-order valence-corrected chi connectivity index (χ3v) is 4.36. The predicted octanol–water partition coefficient (Wildman–Crippen LogP) is 1.08. The molecule has 0 radical (unpaired) electrons. The third kappa shape index (κ3) is 4.95. The number of halogens is 1. The molecule has 2 atom stereocenters. The number of likely N-dealkylation sites (tertiary alicyclic amines) is 1. The summed E-state index contributed by atoms with van der Waals surface area (Å²) in [6, 6.07) is 6.46. The molecule has 0 bridgehead atoms. The summed E-state index contributed by atoms with van der Waals surface area (Å²) >= 11 is 6.10. The van der Waals surface area contributed by atoms with Gasteiger partial charge in [-0.25, -0.2) is 4.79 Å². The molecule has 4 amide bonds. The van der Waals surface area contributed by atoms with Gasteiger partial charge in [-0.2, -0.15) is 0 Å². The quantitative estimate of drug-likeness (QED) is 0.742. The fraction of sp³-hybridized carbons (Fsp3) is 0.412. The third-order valence-electron chi connectivity index (χ3n) is 3.99. The van der Waals surface area contributed by atoms with Gasteiger partial charge in [0.25, 0.3) is 5.91 Å². The van der Waals surface area contributed by atoms with Crippen LogP contribution in [0.2, 0.25) is 5.02 Å². The highest BCUT2D eigenvalue weighted by Crippen LogP contribution is 2.24. The molecule has 1 aromatic carbocycles. The van der Waals surface area contributed by atoms with E-state index in [-0.39, 0.29) is 18.9 Å². The van der Waals surface area contributed by atoms with Crippen molar-refractivity contribution in [3.05, 3.63) is 34.9 Å². The fourth-order valence-electron chi connectivity index (χ4n) is 2.52. The Morgan fingerprint density at radius 2 is 2.04 bits per heavy atom. The topological polar surface area (TPSA) is 105 Å². The molecule has 0 aliphatic carbocycles. The summed E-state index contributed by atoms with van der Waals surface area (Å²) in [7, 11) is 1.36. The van der Waals surface area contributed by atoms with Crippen LogP contribution >= 0.6 is 11.6 Å². The van der Waals surface area contributed by atoms with Gasteiger partial charge < -0.3 is 15.0 Å². The van der Waals surface area contributed by atoms with Crippen LogP contribution in [0, 0.1) is 5.92 Å². The van der Waals surface area contributed by atoms with Gasteiger partial charge >= 0.3 is 12.0 Å². The second-order valence-corrected chi connectivity index (χ2v) is 6.32. The zero-order valence-electron chi connectivity index (χ0n) is 14.5. The number of nitrogens with one attached hydrogen (secondary N) is 2. The molecule has 0 aromatic heterocycles. The van der Waals surface area contributed by atoms with Gasteiger partial charge in [-0.05, 0) is 18.6 Å². The molecule has 1 fully saturated rings. The van der Waals surface area contributed by atoms with Crippen LogP contribution in [-0.2, 0) is 25.7 Å². The summed E-state index contributed by atoms with van der Waals surface area (Å²) in [5, 5.41) is 4.80. The van der Waals surface area contributed by atoms with Crippen LogP contribution in [0.3, 0.4) is 0 Å². The first kappa shape index (κ1) is 19.7. The summed E-state index contributed by atoms with van der Waals surface area (Å²) in [6.45, 7) is 1.84. The van der Waals surface area contributed by atoms with Crippen molar-refractivity contribution in [3.63, 3.8) is 0 Å². The molecule has 1 aliphatic heterocycles. The number of amides is 4. The minimum atomic E-state index is -1.15. The maximum atomic E-state index is 12.2. The van der Waals surface area contributed by atoms with Crippen molar-refractivity contribution in [1.82, 2.24) is 15.5 Å². The molecular weight excluding hydrogens is 362 g/mol. The molecule has 2 N–H and O–H groups in total. The van der Waals surface area contributed by atoms with E-state index in [1.54, 1.807) is 12.1 Å². The molecular formula is C17H20ClN3O5. The van der Waals surface area contributed by atoms with Crippen molar-refractivity contribution in [2.45, 2.75) is 26.0 Å². The van der Waals surface area contributed by atoms with E-state index in [9.17, 15) is 19.2 Å². The Morgan fingerprint density at radius 3 is 2.69 bits per heavy atom. The summed E-state index contributed by atoms with van der Waals surface area (Å²) in [4.78, 5) is 48.7. The average molecular weight is 382 g/mol. The monoisotopic (exact) mass is 381 g/mol. The van der Waals surface area contributed by atoms with Crippen molar-refractivity contribution < 1.29 is 23.9 Å². The van der Waals surface area contributed by atoms with Gasteiger partial charge in [0.05, 0.1) is 5.92 Å². The highest BCUT2D eigenvalue weighted by Gasteiger charge is 2.36. The zero-order valence-corrected chi connectivity index (χ0v) is 15.2. The number of imide groups is 1. The number of nitrogens with zero attached hydrogens (tertiary/aromatic N) is 1. The van der Waals surface area contributed by atoms with Gasteiger partial charge in [-0.1, -0.05) is 29.8 Å². The summed E-state index contributed by atoms with van der Waals surface area (Å²) in [6.07, 6.45) is -1.14. The smallest absolute Gasteiger partial charge is 0.321 e. The molecule has 26 heavy (non-hydrogen) atoms. The van der Waals surface area contributed by atoms with E-state index in [1.807, 2.05) is 17.4 Å². The predicted molar refractivity (Wildman–Crippen MR) is 93.1 cm³/mol. The van der Waals surface area contributed by atoms with Crippen LogP contribution in [0.25, 0.3) is 0 Å². The Labute approximate surface area is 155 Å². The van der Waals surface area contributed by atoms with E-state index in [1.165, 1.54) is 18.9 Å². The molecule has 140 valence electrons. The van der Waals surface area contributed by atoms with Crippen LogP contribution in [0.4, 0.5) is 4.79 Å². The fourth-order valence-corrected chi connectivity index (χ4v) is 2.71. The molecule has 1 aliphatic rings. The first-order valence-electron chi connectivity index (χ1n) is 8.06. The van der Waals surface area contributed by atoms with Gasteiger partial charge in [0.15, 0.2) is 6.10 Å². The summed E-state index contributed by atoms with van der Waals surface area (Å²) < 4.78 is 5.08. The van der Waals surface area contributed by atoms with Crippen LogP contribution in [0.15, 0.2) is 24.3 Å². The minimum absolute atomic E-state index is 0.00701. The number of carbonyl (C=O) groups is 4. The van der Waals surface area contributed by atoms with Crippen molar-refractivity contribution in [3.8, 4) is 0 Å². The van der Waals surface area contributed by atoms with Crippen molar-refractivity contribution in [1.29, 1.82) is 0 Å². The Balaban J connectivity index is 1.91. The number of rotatable bonds is 5. The summed E-state index contributed by atoms with van der Waals surface area (Å²) in [5.41, 5.74) is 0.787. The lowest BCUT2D eigenvalue weighted by Gasteiger charge is -2.18. The van der Waals surface area contributed by atoms with E-state index in [2.05, 4.69) is 5.32 Å². The van der Waals surface area contributed by atoms with Gasteiger partial charge in [-0.3, -0.25) is 19.7 Å². The second kappa shape index (κ2) is 8.66. The Bertz CT molecular complexity index is 724. The van der Waals surface area contributed by atoms with Gasteiger partial charge in [0.1, 0.15) is 0 Å². The number of urea groups is 1. The molecule has 1 saturated heterocycles. The lowest BCUT2D eigenvalue weighted by Crippen LogP contribution is -2.44. The normalized spacial score (nSPS) is 17.6. The van der Waals surface area contributed by atoms with Crippen molar-refractivity contribution in [2.75, 3.05) is 13.6 Å². The highest BCUT2D eigenvalue weighted by atomic mass is 35.5. The molecule has 1 aromatic rings. The molecule has 0 unspecified atom stereocenters. The van der Waals surface area contributed by atoms with E-state index in [0.29, 0.717) is 11.6 Å². The van der Waals surface area contributed by atoms with Crippen LogP contribution in [-0.4, -0.2) is 48.4 Å². The number of benzene rings is 1. The van der Waals surface area contributed by atoms with E-state index < -0.39 is 29.9 Å². The maximum Gasteiger partial charge on any atom is 0.321 e. The Kier molecular flexibility index (Phi) is 6.57. The van der Waals surface area contributed by atoms with Gasteiger partial charge in [-0.15, -0.1) is 0 Å². The number of hydrogen-bond donors (Lipinski definition) is 2. The molecule has 1 heterocycles. The number of esters is 1. The lowest BCUT2D eigenvalue weighted by atomic mass is 10.1. The Morgan fingerprint density at radius 1 is 1.35 bits per heavy atom. The standard InChI is InChI=1S/C17H20ClN3O5/c1-10(15(23)20-17(25)19-2)26-16(24)12-7-14(22)21(9-12)8-11-5-3-4-6-13(11)18/h3-6,10,12H,7-9H2,1-2H3,(H2,19,20,23,25)/t10-,12+/m1/s1. The molecule has 9 heteroatoms. The van der Waals surface area contributed by atoms with E-state index in [4.69, 9.17) is 16.3 Å². The first-order chi connectivity index (χ1) is 12.3. The average Bonchev–Trinajstić information content (AvgIpc) is 2.97. The largest absolute Gasteiger partial charge is 0.452 e. The van der Waals surface area contributed by atoms with Crippen LogP contribution < -0.4 is 10.6 Å². The second-order valence-electron chi connectivity index (χ2n) is 5.91. The zero-order chi connectivity index (χ0) is 19.3. The molecule has 0 saturated carbocycles. The van der Waals surface area contributed by atoms with Crippen molar-refractivity contribution >= 4 is 35.4 Å². The first-order valence-corrected chi connectivity index (χ1v) is 8.43. The van der Waals surface area contributed by atoms with Crippen LogP contribution in [0.1, 0.15) is 18.9 Å². The SMILES string of the molecule is CNC(=O)NC(=O)[C@@H](C)OC(=O)[C@H]1CC(=O)N(Cc2ccccc2Cl)C1. The van der Waals surface area contributed by atoms with Crippen molar-refractivity contribution in [2.24, 2.45) is 5.92 Å². The van der Waals surface area contributed by atoms with E-state index in [0.717, 1.165) is 5.56 Å². The highest BCUT2D eigenvalue weighted by molar-refractivity contribution is 6.31. The number of carbonyl (C=O) groups excluding carboxylic acids is 4. The molecule has 0 spiro atoms. The van der Waals surface area contributed by atoms with Gasteiger partial charge in [0.2, 0.25) is 5.91 Å². The van der Waals surface area contributed by atoms with E-state index >= 15 is 0 Å². The molecule has 8 nitrogen and oxygen atoms in total. The number of hydrogen-bond acceptors (Lipinski definition) is 5. The van der Waals surface area contributed by atoms with Gasteiger partial charge in [0, 0.05) is 31.6 Å². The minimum Gasteiger partial charge on any atom is -0.452 e. The lowest BCUT2D eigenvalue weighted by molar-refractivity contribution is -0.158.